The van der Waals surface area contributed by atoms with Gasteiger partial charge in [-0.1, -0.05) is 48.0 Å². The predicted octanol–water partition coefficient (Wildman–Crippen LogP) is 5.54. The molecule has 9 heteroatoms. The van der Waals surface area contributed by atoms with E-state index in [0.29, 0.717) is 36.9 Å². The van der Waals surface area contributed by atoms with Crippen LogP contribution in [0.25, 0.3) is 48.2 Å². The quantitative estimate of drug-likeness (QED) is 0.338. The number of benzene rings is 2. The molecule has 0 aliphatic heterocycles. The summed E-state index contributed by atoms with van der Waals surface area (Å²) in [6, 6.07) is 18.5. The molecule has 0 atom stereocenters. The van der Waals surface area contributed by atoms with Gasteiger partial charge in [-0.05, 0) is 23.8 Å². The van der Waals surface area contributed by atoms with Crippen molar-refractivity contribution in [2.75, 3.05) is 0 Å². The van der Waals surface area contributed by atoms with Crippen LogP contribution in [0.1, 0.15) is 5.56 Å². The highest BCUT2D eigenvalue weighted by molar-refractivity contribution is 7.22. The van der Waals surface area contributed by atoms with Crippen LogP contribution < -0.4 is 11.2 Å². The van der Waals surface area contributed by atoms with E-state index < -0.39 is 11.2 Å². The second-order valence-electron chi connectivity index (χ2n) is 8.04. The lowest BCUT2D eigenvalue weighted by molar-refractivity contribution is 0.905. The standard InChI is InChI=1S/C27H14ClN5O2S/c28-20-7-3-6-19(17-8-15(10-29)11-30-13-17)24(20)23-9-21-25(36-23)26(34)33(27(35)32-21)22-14-31-12-16-4-1-2-5-18(16)22/h1-9,11-14H,(H,32,35). The fourth-order valence-corrected chi connectivity index (χ4v) is 5.74. The van der Waals surface area contributed by atoms with E-state index in [1.807, 2.05) is 36.4 Å². The lowest BCUT2D eigenvalue weighted by Gasteiger charge is -2.10. The molecule has 0 spiro atoms. The molecule has 0 amide bonds. The number of rotatable bonds is 3. The average Bonchev–Trinajstić information content (AvgIpc) is 3.32. The van der Waals surface area contributed by atoms with Crippen molar-refractivity contribution in [3.63, 3.8) is 0 Å². The van der Waals surface area contributed by atoms with Gasteiger partial charge in [-0.15, -0.1) is 11.3 Å². The van der Waals surface area contributed by atoms with Crippen LogP contribution in [0, 0.1) is 11.3 Å². The molecule has 4 heterocycles. The van der Waals surface area contributed by atoms with Crippen LogP contribution in [0.5, 0.6) is 0 Å². The van der Waals surface area contributed by atoms with E-state index in [-0.39, 0.29) is 0 Å². The molecular weight excluding hydrogens is 494 g/mol. The molecule has 172 valence electrons. The van der Waals surface area contributed by atoms with Crippen LogP contribution in [0.2, 0.25) is 5.02 Å². The van der Waals surface area contributed by atoms with E-state index in [9.17, 15) is 14.9 Å². The number of fused-ring (bicyclic) bond motifs is 2. The highest BCUT2D eigenvalue weighted by Crippen LogP contribution is 2.41. The molecule has 0 saturated heterocycles. The monoisotopic (exact) mass is 507 g/mol. The third kappa shape index (κ3) is 3.50. The Bertz CT molecular complexity index is 1980. The normalized spacial score (nSPS) is 11.1. The molecule has 0 fully saturated rings. The molecule has 1 N–H and O–H groups in total. The summed E-state index contributed by atoms with van der Waals surface area (Å²) in [5.41, 5.74) is 2.43. The van der Waals surface area contributed by atoms with Crippen molar-refractivity contribution in [2.45, 2.75) is 0 Å². The molecule has 36 heavy (non-hydrogen) atoms. The minimum Gasteiger partial charge on any atom is -0.306 e. The zero-order chi connectivity index (χ0) is 24.8. The number of nitrogens with one attached hydrogen (secondary N) is 1. The fourth-order valence-electron chi connectivity index (χ4n) is 4.29. The second kappa shape index (κ2) is 8.57. The Morgan fingerprint density at radius 3 is 2.67 bits per heavy atom. The highest BCUT2D eigenvalue weighted by Gasteiger charge is 2.19. The summed E-state index contributed by atoms with van der Waals surface area (Å²) in [5.74, 6) is 0. The van der Waals surface area contributed by atoms with E-state index in [1.54, 1.807) is 30.6 Å². The van der Waals surface area contributed by atoms with Gasteiger partial charge in [0, 0.05) is 50.4 Å². The van der Waals surface area contributed by atoms with Gasteiger partial charge >= 0.3 is 5.69 Å². The Kier molecular flexibility index (Phi) is 5.22. The zero-order valence-electron chi connectivity index (χ0n) is 18.4. The van der Waals surface area contributed by atoms with E-state index in [2.05, 4.69) is 21.0 Å². The first kappa shape index (κ1) is 21.9. The number of hydrogen-bond donors (Lipinski definition) is 1. The first-order chi connectivity index (χ1) is 17.5. The maximum absolute atomic E-state index is 13.6. The molecule has 2 aromatic carbocycles. The number of aromatic nitrogens is 4. The van der Waals surface area contributed by atoms with Gasteiger partial charge in [0.05, 0.1) is 23.0 Å². The number of nitriles is 1. The Morgan fingerprint density at radius 2 is 1.81 bits per heavy atom. The third-order valence-electron chi connectivity index (χ3n) is 5.90. The van der Waals surface area contributed by atoms with Gasteiger partial charge in [0.2, 0.25) is 0 Å². The van der Waals surface area contributed by atoms with Crippen molar-refractivity contribution >= 4 is 43.9 Å². The Morgan fingerprint density at radius 1 is 0.972 bits per heavy atom. The van der Waals surface area contributed by atoms with Gasteiger partial charge in [-0.2, -0.15) is 5.26 Å². The largest absolute Gasteiger partial charge is 0.333 e. The fraction of sp³-hybridized carbons (Fsp3) is 0. The first-order valence-corrected chi connectivity index (χ1v) is 12.0. The lowest BCUT2D eigenvalue weighted by atomic mass is 9.99. The van der Waals surface area contributed by atoms with Crippen LogP contribution in [0.4, 0.5) is 0 Å². The van der Waals surface area contributed by atoms with Crippen LogP contribution in [0.15, 0.2) is 89.0 Å². The Balaban J connectivity index is 1.59. The third-order valence-corrected chi connectivity index (χ3v) is 7.36. The van der Waals surface area contributed by atoms with Crippen molar-refractivity contribution in [3.05, 3.63) is 111 Å². The lowest BCUT2D eigenvalue weighted by Crippen LogP contribution is -2.33. The number of nitrogens with zero attached hydrogens (tertiary/aromatic N) is 4. The van der Waals surface area contributed by atoms with Gasteiger partial charge in [-0.3, -0.25) is 14.8 Å². The zero-order valence-corrected chi connectivity index (χ0v) is 20.0. The van der Waals surface area contributed by atoms with Crippen LogP contribution in [0.3, 0.4) is 0 Å². The maximum atomic E-state index is 13.6. The molecule has 0 saturated carbocycles. The number of pyridine rings is 2. The summed E-state index contributed by atoms with van der Waals surface area (Å²) < 4.78 is 1.50. The molecule has 6 rings (SSSR count). The summed E-state index contributed by atoms with van der Waals surface area (Å²) in [6.07, 6.45) is 6.35. The molecule has 6 aromatic rings. The number of hydrogen-bond acceptors (Lipinski definition) is 6. The summed E-state index contributed by atoms with van der Waals surface area (Å²) in [6.45, 7) is 0. The van der Waals surface area contributed by atoms with Gasteiger partial charge in [-0.25, -0.2) is 9.36 Å². The average molecular weight is 508 g/mol. The summed E-state index contributed by atoms with van der Waals surface area (Å²) in [5, 5.41) is 11.3. The van der Waals surface area contributed by atoms with Gasteiger partial charge in [0.1, 0.15) is 10.8 Å². The number of H-pyrrole nitrogens is 1. The predicted molar refractivity (Wildman–Crippen MR) is 142 cm³/mol. The topological polar surface area (TPSA) is 104 Å². The van der Waals surface area contributed by atoms with E-state index >= 15 is 0 Å². The van der Waals surface area contributed by atoms with Crippen molar-refractivity contribution in [2.24, 2.45) is 0 Å². The SMILES string of the molecule is N#Cc1cncc(-c2cccc(Cl)c2-c2cc3[nH]c(=O)n(-c4cncc5ccccc45)c(=O)c3s2)c1. The highest BCUT2D eigenvalue weighted by atomic mass is 35.5. The molecule has 0 bridgehead atoms. The Labute approximate surface area is 212 Å². The summed E-state index contributed by atoms with van der Waals surface area (Å²) in [4.78, 5) is 38.6. The van der Waals surface area contributed by atoms with Crippen molar-refractivity contribution in [1.29, 1.82) is 5.26 Å². The molecule has 4 aromatic heterocycles. The van der Waals surface area contributed by atoms with Gasteiger partial charge in [0.25, 0.3) is 5.56 Å². The summed E-state index contributed by atoms with van der Waals surface area (Å²) >= 11 is 7.88. The van der Waals surface area contributed by atoms with Crippen LogP contribution in [-0.2, 0) is 0 Å². The van der Waals surface area contributed by atoms with Gasteiger partial charge < -0.3 is 4.98 Å². The van der Waals surface area contributed by atoms with E-state index in [4.69, 9.17) is 11.6 Å². The number of thiophene rings is 1. The molecule has 7 nitrogen and oxygen atoms in total. The van der Waals surface area contributed by atoms with E-state index in [1.165, 1.54) is 23.7 Å². The molecular formula is C27H14ClN5O2S. The molecule has 0 unspecified atom stereocenters. The van der Waals surface area contributed by atoms with Crippen molar-refractivity contribution < 1.29 is 0 Å². The minimum absolute atomic E-state index is 0.382. The van der Waals surface area contributed by atoms with Gasteiger partial charge in [0.15, 0.2) is 0 Å². The van der Waals surface area contributed by atoms with E-state index in [0.717, 1.165) is 26.5 Å². The van der Waals surface area contributed by atoms with Crippen molar-refractivity contribution in [3.8, 4) is 33.3 Å². The number of halogens is 1. The summed E-state index contributed by atoms with van der Waals surface area (Å²) in [7, 11) is 0. The molecule has 0 radical (unpaired) electrons. The smallest absolute Gasteiger partial charge is 0.306 e. The van der Waals surface area contributed by atoms with Crippen LogP contribution in [-0.4, -0.2) is 19.5 Å². The second-order valence-corrected chi connectivity index (χ2v) is 9.50. The minimum atomic E-state index is -0.555. The number of aromatic amines is 1. The molecule has 0 aliphatic carbocycles. The molecule has 0 aliphatic rings. The van der Waals surface area contributed by atoms with Crippen molar-refractivity contribution in [1.82, 2.24) is 19.5 Å². The maximum Gasteiger partial charge on any atom is 0.333 e. The Hall–Kier alpha value is -4.58. The van der Waals surface area contributed by atoms with Crippen LogP contribution >= 0.6 is 22.9 Å². The first-order valence-electron chi connectivity index (χ1n) is 10.8.